The van der Waals surface area contributed by atoms with Crippen LogP contribution in [0.5, 0.6) is 0 Å². The molecule has 4 aliphatic carbocycles. The molecule has 4 aliphatic rings. The van der Waals surface area contributed by atoms with Gasteiger partial charge in [0.05, 0.1) is 6.10 Å². The molecule has 1 heteroatoms. The van der Waals surface area contributed by atoms with Crippen LogP contribution in [0.4, 0.5) is 0 Å². The molecular weight excluding hydrogens is 316 g/mol. The van der Waals surface area contributed by atoms with Crippen LogP contribution in [0.1, 0.15) is 91.4 Å². The molecule has 0 aromatic rings. The van der Waals surface area contributed by atoms with Crippen molar-refractivity contribution in [3.63, 3.8) is 0 Å². The van der Waals surface area contributed by atoms with Gasteiger partial charge < -0.3 is 5.11 Å². The van der Waals surface area contributed by atoms with Gasteiger partial charge >= 0.3 is 0 Å². The molecule has 0 heterocycles. The van der Waals surface area contributed by atoms with E-state index in [0.717, 1.165) is 36.5 Å². The zero-order valence-electron chi connectivity index (χ0n) is 17.4. The van der Waals surface area contributed by atoms with Crippen LogP contribution in [0, 0.1) is 34.5 Å². The van der Waals surface area contributed by atoms with E-state index < -0.39 is 0 Å². The largest absolute Gasteiger partial charge is 0.393 e. The summed E-state index contributed by atoms with van der Waals surface area (Å²) >= 11 is 0. The second kappa shape index (κ2) is 6.80. The van der Waals surface area contributed by atoms with E-state index in [2.05, 4.69) is 33.4 Å². The monoisotopic (exact) mass is 356 g/mol. The molecule has 146 valence electrons. The zero-order chi connectivity index (χ0) is 18.5. The summed E-state index contributed by atoms with van der Waals surface area (Å²) in [5.41, 5.74) is 3.94. The Morgan fingerprint density at radius 3 is 2.73 bits per heavy atom. The first kappa shape index (κ1) is 18.8. The summed E-state index contributed by atoms with van der Waals surface area (Å²) in [4.78, 5) is 0. The highest BCUT2D eigenvalue weighted by atomic mass is 16.3. The van der Waals surface area contributed by atoms with Crippen LogP contribution in [0.2, 0.25) is 0 Å². The second-order valence-corrected chi connectivity index (χ2v) is 10.8. The molecule has 0 aliphatic heterocycles. The van der Waals surface area contributed by atoms with E-state index in [1.807, 2.05) is 0 Å². The molecule has 0 amide bonds. The van der Waals surface area contributed by atoms with Crippen molar-refractivity contribution >= 4 is 0 Å². The molecule has 1 N–H and O–H groups in total. The minimum atomic E-state index is -0.0797. The topological polar surface area (TPSA) is 20.2 Å². The van der Waals surface area contributed by atoms with Gasteiger partial charge in [-0.05, 0) is 112 Å². The summed E-state index contributed by atoms with van der Waals surface area (Å²) in [6, 6.07) is 0. The quantitative estimate of drug-likeness (QED) is 0.557. The Morgan fingerprint density at radius 2 is 1.96 bits per heavy atom. The van der Waals surface area contributed by atoms with Crippen molar-refractivity contribution in [2.24, 2.45) is 34.5 Å². The average molecular weight is 357 g/mol. The van der Waals surface area contributed by atoms with Gasteiger partial charge in [-0.15, -0.1) is 6.58 Å². The smallest absolute Gasteiger partial charge is 0.0577 e. The van der Waals surface area contributed by atoms with Crippen molar-refractivity contribution < 1.29 is 5.11 Å². The molecule has 0 aromatic carbocycles. The lowest BCUT2D eigenvalue weighted by atomic mass is 9.47. The first-order chi connectivity index (χ1) is 12.3. The molecule has 0 saturated heterocycles. The Labute approximate surface area is 161 Å². The highest BCUT2D eigenvalue weighted by molar-refractivity contribution is 5.25. The van der Waals surface area contributed by atoms with E-state index in [1.54, 1.807) is 5.57 Å². The lowest BCUT2D eigenvalue weighted by Gasteiger charge is -2.58. The van der Waals surface area contributed by atoms with Crippen LogP contribution in [-0.4, -0.2) is 11.2 Å². The summed E-state index contributed by atoms with van der Waals surface area (Å²) in [6.07, 6.45) is 16.8. The third-order valence-corrected chi connectivity index (χ3v) is 9.43. The Balaban J connectivity index is 1.51. The molecule has 0 radical (unpaired) electrons. The van der Waals surface area contributed by atoms with Crippen molar-refractivity contribution in [3.8, 4) is 0 Å². The summed E-state index contributed by atoms with van der Waals surface area (Å²) in [7, 11) is 0. The average Bonchev–Trinajstić information content (AvgIpc) is 2.92. The van der Waals surface area contributed by atoms with Gasteiger partial charge in [0.2, 0.25) is 0 Å². The fourth-order valence-electron chi connectivity index (χ4n) is 7.87. The van der Waals surface area contributed by atoms with E-state index >= 15 is 0 Å². The maximum atomic E-state index is 10.2. The Morgan fingerprint density at radius 1 is 1.15 bits per heavy atom. The summed E-state index contributed by atoms with van der Waals surface area (Å²) in [5, 5.41) is 10.2. The van der Waals surface area contributed by atoms with Gasteiger partial charge in [0.1, 0.15) is 0 Å². The normalized spacial score (nSPS) is 47.5. The van der Waals surface area contributed by atoms with Gasteiger partial charge in [0.15, 0.2) is 0 Å². The maximum absolute atomic E-state index is 10.2. The number of aliphatic hydroxyl groups excluding tert-OH is 1. The van der Waals surface area contributed by atoms with Crippen molar-refractivity contribution in [2.45, 2.75) is 97.5 Å². The van der Waals surface area contributed by atoms with Crippen LogP contribution in [0.15, 0.2) is 23.8 Å². The van der Waals surface area contributed by atoms with Crippen molar-refractivity contribution in [1.29, 1.82) is 0 Å². The molecule has 7 atom stereocenters. The number of aliphatic hydroxyl groups is 1. The molecule has 26 heavy (non-hydrogen) atoms. The molecule has 0 aromatic heterocycles. The third kappa shape index (κ3) is 2.93. The van der Waals surface area contributed by atoms with Gasteiger partial charge in [-0.3, -0.25) is 0 Å². The molecule has 4 rings (SSSR count). The molecule has 0 spiro atoms. The zero-order valence-corrected chi connectivity index (χ0v) is 17.4. The predicted molar refractivity (Wildman–Crippen MR) is 110 cm³/mol. The second-order valence-electron chi connectivity index (χ2n) is 10.8. The highest BCUT2D eigenvalue weighted by Crippen LogP contribution is 2.66. The van der Waals surface area contributed by atoms with Gasteiger partial charge in [-0.2, -0.15) is 0 Å². The number of fused-ring (bicyclic) bond motifs is 5. The van der Waals surface area contributed by atoms with Gasteiger partial charge in [-0.1, -0.05) is 31.1 Å². The van der Waals surface area contributed by atoms with E-state index in [9.17, 15) is 5.11 Å². The fourth-order valence-corrected chi connectivity index (χ4v) is 7.87. The summed E-state index contributed by atoms with van der Waals surface area (Å²) in [5.74, 6) is 3.67. The Kier molecular flexibility index (Phi) is 4.91. The maximum Gasteiger partial charge on any atom is 0.0577 e. The van der Waals surface area contributed by atoms with Crippen molar-refractivity contribution in [1.82, 2.24) is 0 Å². The molecular formula is C25H40O. The number of allylic oxidation sites excluding steroid dienone is 2. The highest BCUT2D eigenvalue weighted by Gasteiger charge is 2.58. The van der Waals surface area contributed by atoms with E-state index in [0.29, 0.717) is 10.8 Å². The van der Waals surface area contributed by atoms with Crippen LogP contribution >= 0.6 is 0 Å². The SMILES string of the molecule is C=C(C)CCCC1CCC2C3CC=C4CC(O)CCC4(C)C3CCC12C. The summed E-state index contributed by atoms with van der Waals surface area (Å²) in [6.45, 7) is 11.5. The van der Waals surface area contributed by atoms with Crippen LogP contribution < -0.4 is 0 Å². The van der Waals surface area contributed by atoms with Crippen LogP contribution in [0.3, 0.4) is 0 Å². The van der Waals surface area contributed by atoms with Crippen LogP contribution in [0.25, 0.3) is 0 Å². The van der Waals surface area contributed by atoms with Gasteiger partial charge in [0, 0.05) is 0 Å². The Bertz CT molecular complexity index is 589. The molecule has 3 fully saturated rings. The number of hydrogen-bond donors (Lipinski definition) is 1. The van der Waals surface area contributed by atoms with Crippen molar-refractivity contribution in [3.05, 3.63) is 23.8 Å². The molecule has 0 bridgehead atoms. The van der Waals surface area contributed by atoms with Gasteiger partial charge in [-0.25, -0.2) is 0 Å². The lowest BCUT2D eigenvalue weighted by Crippen LogP contribution is -2.50. The van der Waals surface area contributed by atoms with Crippen molar-refractivity contribution in [2.75, 3.05) is 0 Å². The molecule has 3 saturated carbocycles. The standard InChI is InChI=1S/C25H40O/c1-17(2)6-5-7-18-9-11-22-21-10-8-19-16-20(26)12-14-25(19,4)23(21)13-15-24(18,22)3/h8,18,20-23,26H,1,5-7,9-16H2,2-4H3. The molecule has 1 nitrogen and oxygen atoms in total. The minimum Gasteiger partial charge on any atom is -0.393 e. The predicted octanol–water partition coefficient (Wildman–Crippen LogP) is 6.67. The van der Waals surface area contributed by atoms with E-state index in [4.69, 9.17) is 0 Å². The minimum absolute atomic E-state index is 0.0797. The summed E-state index contributed by atoms with van der Waals surface area (Å²) < 4.78 is 0. The van der Waals surface area contributed by atoms with Crippen LogP contribution in [-0.2, 0) is 0 Å². The first-order valence-electron chi connectivity index (χ1n) is 11.4. The van der Waals surface area contributed by atoms with E-state index in [-0.39, 0.29) is 6.10 Å². The molecule has 7 unspecified atom stereocenters. The van der Waals surface area contributed by atoms with Gasteiger partial charge in [0.25, 0.3) is 0 Å². The lowest BCUT2D eigenvalue weighted by molar-refractivity contribution is -0.0508. The first-order valence-corrected chi connectivity index (χ1v) is 11.4. The third-order valence-electron chi connectivity index (χ3n) is 9.43. The Hall–Kier alpha value is -0.560. The number of rotatable bonds is 4. The number of hydrogen-bond acceptors (Lipinski definition) is 1. The van der Waals surface area contributed by atoms with E-state index in [1.165, 1.54) is 63.4 Å². The fraction of sp³-hybridized carbons (Fsp3) is 0.840.